The molecule has 2 atom stereocenters. The summed E-state index contributed by atoms with van der Waals surface area (Å²) in [7, 11) is 0. The number of nitrogens with one attached hydrogen (secondary N) is 2. The highest BCUT2D eigenvalue weighted by Crippen LogP contribution is 2.30. The number of hydrogen-bond acceptors (Lipinski definition) is 6. The smallest absolute Gasteiger partial charge is 0.255 e. The van der Waals surface area contributed by atoms with Crippen molar-refractivity contribution in [1.82, 2.24) is 30.5 Å². The van der Waals surface area contributed by atoms with Crippen LogP contribution in [0.4, 0.5) is 0 Å². The van der Waals surface area contributed by atoms with Crippen molar-refractivity contribution in [3.63, 3.8) is 0 Å². The van der Waals surface area contributed by atoms with Crippen molar-refractivity contribution >= 4 is 17.7 Å². The standard InChI is InChI=1S/C26H26N6O3/c33-24-11-10-23(25(34)28-24)31-14-17-8-9-19(12-21(17)26(31)35)32-15-18(29-30-32)13-27-22-7-3-5-16-4-1-2-6-20(16)22/h1-2,4,6,8-9,12,15,22-23,27H,3,5,7,10-11,13-14H2,(H,28,33,34). The van der Waals surface area contributed by atoms with Crippen LogP contribution in [0.2, 0.25) is 0 Å². The summed E-state index contributed by atoms with van der Waals surface area (Å²) in [5.74, 6) is -0.896. The van der Waals surface area contributed by atoms with Crippen LogP contribution in [0.3, 0.4) is 0 Å². The second-order valence-corrected chi connectivity index (χ2v) is 9.42. The maximum atomic E-state index is 13.1. The van der Waals surface area contributed by atoms with Gasteiger partial charge in [-0.3, -0.25) is 19.7 Å². The number of fused-ring (bicyclic) bond motifs is 2. The van der Waals surface area contributed by atoms with E-state index in [9.17, 15) is 14.4 Å². The summed E-state index contributed by atoms with van der Waals surface area (Å²) < 4.78 is 1.67. The minimum Gasteiger partial charge on any atom is -0.322 e. The van der Waals surface area contributed by atoms with Gasteiger partial charge in [0, 0.05) is 31.1 Å². The van der Waals surface area contributed by atoms with Gasteiger partial charge in [-0.25, -0.2) is 4.68 Å². The molecule has 0 spiro atoms. The Hall–Kier alpha value is -3.85. The molecule has 2 N–H and O–H groups in total. The number of nitrogens with zero attached hydrogens (tertiary/aromatic N) is 4. The molecular formula is C26H26N6O3. The third-order valence-corrected chi connectivity index (χ3v) is 7.22. The molecule has 3 aromatic rings. The van der Waals surface area contributed by atoms with Gasteiger partial charge in [-0.2, -0.15) is 0 Å². The Bertz CT molecular complexity index is 1330. The summed E-state index contributed by atoms with van der Waals surface area (Å²) in [5, 5.41) is 14.5. The third kappa shape index (κ3) is 4.01. The molecule has 1 aliphatic carbocycles. The average Bonchev–Trinajstić information content (AvgIpc) is 3.47. The number of amides is 3. The highest BCUT2D eigenvalue weighted by atomic mass is 16.2. The SMILES string of the molecule is O=C1CCC(N2Cc3ccc(-n4cc(CNC5CCCc6ccccc65)nn4)cc3C2=O)C(=O)N1. The predicted molar refractivity (Wildman–Crippen MR) is 126 cm³/mol. The molecule has 178 valence electrons. The van der Waals surface area contributed by atoms with Crippen molar-refractivity contribution in [2.75, 3.05) is 0 Å². The molecular weight excluding hydrogens is 444 g/mol. The first-order valence-electron chi connectivity index (χ1n) is 12.1. The summed E-state index contributed by atoms with van der Waals surface area (Å²) in [6.07, 6.45) is 5.86. The molecule has 1 aromatic heterocycles. The Morgan fingerprint density at radius 2 is 1.91 bits per heavy atom. The van der Waals surface area contributed by atoms with Gasteiger partial charge < -0.3 is 10.2 Å². The lowest BCUT2D eigenvalue weighted by Crippen LogP contribution is -2.52. The van der Waals surface area contributed by atoms with Gasteiger partial charge in [0.05, 0.1) is 17.6 Å². The predicted octanol–water partition coefficient (Wildman–Crippen LogP) is 2.20. The molecule has 3 aliphatic rings. The normalized spacial score (nSPS) is 21.6. The van der Waals surface area contributed by atoms with Crippen LogP contribution in [0.15, 0.2) is 48.7 Å². The Kier molecular flexibility index (Phi) is 5.41. The molecule has 0 radical (unpaired) electrons. The number of imide groups is 1. The van der Waals surface area contributed by atoms with Crippen molar-refractivity contribution in [1.29, 1.82) is 0 Å². The van der Waals surface area contributed by atoms with Crippen molar-refractivity contribution < 1.29 is 14.4 Å². The largest absolute Gasteiger partial charge is 0.322 e. The van der Waals surface area contributed by atoms with Crippen LogP contribution in [0.25, 0.3) is 5.69 Å². The number of hydrogen-bond donors (Lipinski definition) is 2. The Balaban J connectivity index is 1.15. The highest BCUT2D eigenvalue weighted by Gasteiger charge is 2.39. The first kappa shape index (κ1) is 21.7. The maximum absolute atomic E-state index is 13.1. The van der Waals surface area contributed by atoms with Gasteiger partial charge in [0.2, 0.25) is 11.8 Å². The van der Waals surface area contributed by atoms with Crippen molar-refractivity contribution in [3.8, 4) is 5.69 Å². The second-order valence-electron chi connectivity index (χ2n) is 9.42. The molecule has 2 unspecified atom stereocenters. The summed E-state index contributed by atoms with van der Waals surface area (Å²) in [5.41, 5.74) is 5.76. The van der Waals surface area contributed by atoms with E-state index in [1.54, 1.807) is 15.6 Å². The molecule has 1 saturated heterocycles. The number of aryl methyl sites for hydroxylation is 1. The molecule has 3 amide bonds. The molecule has 9 heteroatoms. The number of rotatable bonds is 5. The Morgan fingerprint density at radius 1 is 1.03 bits per heavy atom. The van der Waals surface area contributed by atoms with Crippen LogP contribution < -0.4 is 10.6 Å². The molecule has 0 bridgehead atoms. The van der Waals surface area contributed by atoms with E-state index in [2.05, 4.69) is 45.2 Å². The summed E-state index contributed by atoms with van der Waals surface area (Å²) in [6.45, 7) is 0.961. The van der Waals surface area contributed by atoms with E-state index < -0.39 is 11.9 Å². The molecule has 2 aromatic carbocycles. The van der Waals surface area contributed by atoms with E-state index >= 15 is 0 Å². The summed E-state index contributed by atoms with van der Waals surface area (Å²) in [4.78, 5) is 38.4. The van der Waals surface area contributed by atoms with Crippen LogP contribution in [-0.2, 0) is 29.1 Å². The van der Waals surface area contributed by atoms with E-state index in [1.165, 1.54) is 17.5 Å². The average molecular weight is 471 g/mol. The van der Waals surface area contributed by atoms with Crippen LogP contribution in [0.5, 0.6) is 0 Å². The van der Waals surface area contributed by atoms with Crippen LogP contribution in [0, 0.1) is 0 Å². The summed E-state index contributed by atoms with van der Waals surface area (Å²) >= 11 is 0. The first-order chi connectivity index (χ1) is 17.1. The zero-order chi connectivity index (χ0) is 23.9. The van der Waals surface area contributed by atoms with Gasteiger partial charge in [-0.1, -0.05) is 35.5 Å². The first-order valence-corrected chi connectivity index (χ1v) is 12.1. The quantitative estimate of drug-likeness (QED) is 0.554. The van der Waals surface area contributed by atoms with Gasteiger partial charge in [0.25, 0.3) is 5.91 Å². The molecule has 2 aliphatic heterocycles. The van der Waals surface area contributed by atoms with Crippen molar-refractivity contribution in [2.45, 2.75) is 57.3 Å². The third-order valence-electron chi connectivity index (χ3n) is 7.22. The molecule has 3 heterocycles. The van der Waals surface area contributed by atoms with E-state index in [-0.39, 0.29) is 18.2 Å². The van der Waals surface area contributed by atoms with E-state index in [0.29, 0.717) is 31.1 Å². The number of carbonyl (C=O) groups excluding carboxylic acids is 3. The zero-order valence-electron chi connectivity index (χ0n) is 19.2. The van der Waals surface area contributed by atoms with Crippen LogP contribution in [-0.4, -0.2) is 43.7 Å². The molecule has 9 nitrogen and oxygen atoms in total. The second kappa shape index (κ2) is 8.74. The van der Waals surface area contributed by atoms with Crippen LogP contribution >= 0.6 is 0 Å². The van der Waals surface area contributed by atoms with Gasteiger partial charge in [0.1, 0.15) is 6.04 Å². The topological polar surface area (TPSA) is 109 Å². The molecule has 35 heavy (non-hydrogen) atoms. The fraction of sp³-hybridized carbons (Fsp3) is 0.346. The number of aromatic nitrogens is 3. The maximum Gasteiger partial charge on any atom is 0.255 e. The van der Waals surface area contributed by atoms with Gasteiger partial charge in [-0.15, -0.1) is 5.10 Å². The fourth-order valence-corrected chi connectivity index (χ4v) is 5.38. The lowest BCUT2D eigenvalue weighted by atomic mass is 9.88. The van der Waals surface area contributed by atoms with E-state index in [4.69, 9.17) is 0 Å². The monoisotopic (exact) mass is 470 g/mol. The van der Waals surface area contributed by atoms with Gasteiger partial charge in [-0.05, 0) is 54.5 Å². The van der Waals surface area contributed by atoms with Gasteiger partial charge in [0.15, 0.2) is 0 Å². The summed E-state index contributed by atoms with van der Waals surface area (Å²) in [6, 6.07) is 13.9. The van der Waals surface area contributed by atoms with E-state index in [1.807, 2.05) is 18.3 Å². The zero-order valence-corrected chi connectivity index (χ0v) is 19.2. The minimum absolute atomic E-state index is 0.200. The molecule has 0 saturated carbocycles. The van der Waals surface area contributed by atoms with Crippen molar-refractivity contribution in [2.24, 2.45) is 0 Å². The van der Waals surface area contributed by atoms with Crippen LogP contribution in [0.1, 0.15) is 64.5 Å². The molecule has 6 rings (SSSR count). The Labute approximate surface area is 202 Å². The number of benzene rings is 2. The highest BCUT2D eigenvalue weighted by molar-refractivity contribution is 6.05. The minimum atomic E-state index is -0.620. The lowest BCUT2D eigenvalue weighted by Gasteiger charge is -2.29. The van der Waals surface area contributed by atoms with Gasteiger partial charge >= 0.3 is 0 Å². The van der Waals surface area contributed by atoms with E-state index in [0.717, 1.165) is 29.8 Å². The lowest BCUT2D eigenvalue weighted by molar-refractivity contribution is -0.136. The Morgan fingerprint density at radius 3 is 2.80 bits per heavy atom. The fourth-order valence-electron chi connectivity index (χ4n) is 5.38. The number of carbonyl (C=O) groups is 3. The molecule has 1 fully saturated rings. The van der Waals surface area contributed by atoms with Crippen molar-refractivity contribution in [3.05, 3.63) is 76.6 Å². The number of piperidine rings is 1.